The number of allylic oxidation sites excluding steroid dienone is 8. The second kappa shape index (κ2) is 42.1. The number of unbranched alkanes of at least 4 members (excludes halogenated alkanes) is 20. The maximum Gasteiger partial charge on any atom is 0.472 e. The lowest BCUT2D eigenvalue weighted by Gasteiger charge is -2.20. The van der Waals surface area contributed by atoms with Gasteiger partial charge in [-0.25, -0.2) is 4.57 Å². The van der Waals surface area contributed by atoms with Gasteiger partial charge in [-0.05, 0) is 77.0 Å². The first-order valence-corrected chi connectivity index (χ1v) is 24.1. The molecule has 0 aromatic rings. The van der Waals surface area contributed by atoms with E-state index in [0.29, 0.717) is 12.8 Å². The number of rotatable bonds is 42. The summed E-state index contributed by atoms with van der Waals surface area (Å²) in [6.45, 7) is 2.32. The largest absolute Gasteiger partial charge is 0.472 e. The summed E-state index contributed by atoms with van der Waals surface area (Å²) in [6, 6.07) is 0. The number of aliphatic hydroxyl groups excluding tert-OH is 2. The molecule has 0 aliphatic rings. The highest BCUT2D eigenvalue weighted by atomic mass is 31.2. The van der Waals surface area contributed by atoms with Gasteiger partial charge in [0.2, 0.25) is 0 Å². The maximum absolute atomic E-state index is 12.6. The number of hydrogen-bond donors (Lipinski definition) is 3. The number of hydrogen-bond acceptors (Lipinski definition) is 9. The van der Waals surface area contributed by atoms with E-state index in [1.54, 1.807) is 0 Å². The molecule has 0 radical (unpaired) electrons. The Balaban J connectivity index is 4.30. The van der Waals surface area contributed by atoms with Crippen LogP contribution in [-0.2, 0) is 32.7 Å². The number of aliphatic hydroxyl groups is 2. The number of esters is 2. The summed E-state index contributed by atoms with van der Waals surface area (Å²) >= 11 is 0. The van der Waals surface area contributed by atoms with E-state index >= 15 is 0 Å². The smallest absolute Gasteiger partial charge is 0.462 e. The van der Waals surface area contributed by atoms with Crippen LogP contribution < -0.4 is 0 Å². The van der Waals surface area contributed by atoms with Gasteiger partial charge in [-0.1, -0.05) is 152 Å². The highest BCUT2D eigenvalue weighted by Gasteiger charge is 2.27. The van der Waals surface area contributed by atoms with Crippen molar-refractivity contribution in [2.24, 2.45) is 0 Å². The Kier molecular flexibility index (Phi) is 40.5. The van der Waals surface area contributed by atoms with Crippen LogP contribution in [0.25, 0.3) is 0 Å². The van der Waals surface area contributed by atoms with Crippen LogP contribution in [0.15, 0.2) is 48.6 Å². The minimum absolute atomic E-state index is 0.172. The van der Waals surface area contributed by atoms with Gasteiger partial charge in [-0.3, -0.25) is 18.6 Å². The Morgan fingerprint density at radius 1 is 0.526 bits per heavy atom. The minimum Gasteiger partial charge on any atom is -0.462 e. The molecule has 0 heterocycles. The van der Waals surface area contributed by atoms with Crippen LogP contribution in [-0.4, -0.2) is 65.7 Å². The summed E-state index contributed by atoms with van der Waals surface area (Å²) in [5, 5.41) is 18.3. The van der Waals surface area contributed by atoms with Crippen LogP contribution in [0.1, 0.15) is 194 Å². The van der Waals surface area contributed by atoms with E-state index in [1.807, 2.05) is 0 Å². The molecule has 57 heavy (non-hydrogen) atoms. The lowest BCUT2D eigenvalue weighted by Crippen LogP contribution is -2.29. The molecule has 0 bridgehead atoms. The normalized spacial score (nSPS) is 14.3. The highest BCUT2D eigenvalue weighted by Crippen LogP contribution is 2.43. The van der Waals surface area contributed by atoms with Gasteiger partial charge in [-0.2, -0.15) is 0 Å². The molecule has 0 aromatic carbocycles. The molecule has 10 nitrogen and oxygen atoms in total. The Morgan fingerprint density at radius 2 is 0.912 bits per heavy atom. The summed E-state index contributed by atoms with van der Waals surface area (Å²) < 4.78 is 32.7. The van der Waals surface area contributed by atoms with Crippen molar-refractivity contribution in [3.63, 3.8) is 0 Å². The van der Waals surface area contributed by atoms with Crippen LogP contribution in [0, 0.1) is 0 Å². The van der Waals surface area contributed by atoms with Gasteiger partial charge in [0.1, 0.15) is 12.7 Å². The predicted octanol–water partition coefficient (Wildman–Crippen LogP) is 12.1. The van der Waals surface area contributed by atoms with Gasteiger partial charge in [0.15, 0.2) is 6.10 Å². The van der Waals surface area contributed by atoms with Crippen LogP contribution in [0.2, 0.25) is 0 Å². The summed E-state index contributed by atoms with van der Waals surface area (Å²) in [5.41, 5.74) is 0. The molecule has 1 unspecified atom stereocenters. The average Bonchev–Trinajstić information content (AvgIpc) is 3.20. The Morgan fingerprint density at radius 3 is 1.35 bits per heavy atom. The van der Waals surface area contributed by atoms with E-state index in [4.69, 9.17) is 23.6 Å². The lowest BCUT2D eigenvalue weighted by molar-refractivity contribution is -0.161. The molecule has 0 rings (SSSR count). The molecule has 11 heteroatoms. The van der Waals surface area contributed by atoms with Crippen LogP contribution in [0.3, 0.4) is 0 Å². The second-order valence-electron chi connectivity index (χ2n) is 15.1. The zero-order valence-corrected chi connectivity index (χ0v) is 36.9. The first kappa shape index (κ1) is 54.9. The van der Waals surface area contributed by atoms with E-state index in [-0.39, 0.29) is 19.4 Å². The van der Waals surface area contributed by atoms with Crippen molar-refractivity contribution in [1.82, 2.24) is 0 Å². The number of phosphoric acid groups is 1. The first-order valence-electron chi connectivity index (χ1n) is 22.6. The van der Waals surface area contributed by atoms with Gasteiger partial charge < -0.3 is 24.6 Å². The molecule has 332 valence electrons. The summed E-state index contributed by atoms with van der Waals surface area (Å²) in [6.07, 6.45) is 44.9. The van der Waals surface area contributed by atoms with Crippen molar-refractivity contribution in [3.05, 3.63) is 48.6 Å². The second-order valence-corrected chi connectivity index (χ2v) is 16.5. The third-order valence-corrected chi connectivity index (χ3v) is 10.4. The molecule has 0 fully saturated rings. The molecule has 0 amide bonds. The molecular weight excluding hydrogens is 743 g/mol. The first-order chi connectivity index (χ1) is 27.7. The Bertz CT molecular complexity index is 1090. The van der Waals surface area contributed by atoms with Crippen molar-refractivity contribution in [2.45, 2.75) is 206 Å². The van der Waals surface area contributed by atoms with Crippen molar-refractivity contribution in [2.75, 3.05) is 26.4 Å². The molecule has 3 atom stereocenters. The third-order valence-electron chi connectivity index (χ3n) is 9.46. The number of ether oxygens (including phenoxy) is 2. The fraction of sp³-hybridized carbons (Fsp3) is 0.783. The molecule has 0 spiro atoms. The van der Waals surface area contributed by atoms with Crippen LogP contribution in [0.4, 0.5) is 0 Å². The zero-order chi connectivity index (χ0) is 41.9. The van der Waals surface area contributed by atoms with Crippen LogP contribution >= 0.6 is 7.82 Å². The fourth-order valence-electron chi connectivity index (χ4n) is 5.94. The maximum atomic E-state index is 12.6. The van der Waals surface area contributed by atoms with E-state index in [0.717, 1.165) is 70.6 Å². The SMILES string of the molecule is CCCCC/C=C/C/C=C/CCCCCCCCCC(=O)OC[C@H](COP(=O)(O)OC[C@@H](O)CO)OC(=O)CCCCCCCCC/C=C/C/C=C/CCCCC. The van der Waals surface area contributed by atoms with E-state index < -0.39 is 51.8 Å². The van der Waals surface area contributed by atoms with Gasteiger partial charge in [0.05, 0.1) is 19.8 Å². The zero-order valence-electron chi connectivity index (χ0n) is 36.0. The van der Waals surface area contributed by atoms with Gasteiger partial charge >= 0.3 is 19.8 Å². The Hall–Kier alpha value is -2.07. The van der Waals surface area contributed by atoms with E-state index in [1.165, 1.54) is 83.5 Å². The van der Waals surface area contributed by atoms with Gasteiger partial charge in [0.25, 0.3) is 0 Å². The van der Waals surface area contributed by atoms with Crippen molar-refractivity contribution < 1.29 is 47.8 Å². The van der Waals surface area contributed by atoms with Crippen molar-refractivity contribution in [3.8, 4) is 0 Å². The third kappa shape index (κ3) is 41.9. The summed E-state index contributed by atoms with van der Waals surface area (Å²) in [5.74, 6) is -0.942. The Labute approximate surface area is 347 Å². The number of phosphoric ester groups is 1. The summed E-state index contributed by atoms with van der Waals surface area (Å²) in [7, 11) is -4.62. The molecule has 0 saturated carbocycles. The van der Waals surface area contributed by atoms with Gasteiger partial charge in [-0.15, -0.1) is 0 Å². The summed E-state index contributed by atoms with van der Waals surface area (Å²) in [4.78, 5) is 35.0. The van der Waals surface area contributed by atoms with E-state index in [2.05, 4.69) is 62.5 Å². The fourth-order valence-corrected chi connectivity index (χ4v) is 6.72. The number of carbonyl (C=O) groups is 2. The minimum atomic E-state index is -4.62. The molecule has 0 aliphatic heterocycles. The monoisotopic (exact) mass is 827 g/mol. The molecule has 0 saturated heterocycles. The van der Waals surface area contributed by atoms with Gasteiger partial charge in [0, 0.05) is 12.8 Å². The molecule has 0 aliphatic carbocycles. The molecule has 3 N–H and O–H groups in total. The van der Waals surface area contributed by atoms with Crippen molar-refractivity contribution >= 4 is 19.8 Å². The topological polar surface area (TPSA) is 149 Å². The van der Waals surface area contributed by atoms with Crippen LogP contribution in [0.5, 0.6) is 0 Å². The standard InChI is InChI=1S/C46H83O10P/c1-3-5-7-9-11-13-15-17-19-21-23-25-27-29-31-33-35-37-45(49)53-41-44(42-55-57(51,52)54-40-43(48)39-47)56-46(50)38-36-34-32-30-28-26-24-22-20-18-16-14-12-10-8-6-4-2/h11-14,17-20,43-44,47-48H,3-10,15-16,21-42H2,1-2H3,(H,51,52)/b13-11+,14-12+,19-17+,20-18+/t43-,44+/m0/s1. The van der Waals surface area contributed by atoms with Crippen molar-refractivity contribution in [1.29, 1.82) is 0 Å². The molecule has 0 aromatic heterocycles. The van der Waals surface area contributed by atoms with E-state index in [9.17, 15) is 24.2 Å². The lowest BCUT2D eigenvalue weighted by atomic mass is 10.1. The highest BCUT2D eigenvalue weighted by molar-refractivity contribution is 7.47. The predicted molar refractivity (Wildman–Crippen MR) is 233 cm³/mol. The number of carbonyl (C=O) groups excluding carboxylic acids is 2. The molecular formula is C46H83O10P. The quantitative estimate of drug-likeness (QED) is 0.0235. The average molecular weight is 827 g/mol.